The van der Waals surface area contributed by atoms with Crippen molar-refractivity contribution in [2.24, 2.45) is 0 Å². The number of carbonyl (C=O) groups is 2. The molecule has 33 heavy (non-hydrogen) atoms. The molecular weight excluding hydrogens is 420 g/mol. The normalized spacial score (nSPS) is 25.8. The zero-order valence-electron chi connectivity index (χ0n) is 20.5. The molecule has 184 valence electrons. The van der Waals surface area contributed by atoms with E-state index in [1.165, 1.54) is 0 Å². The van der Waals surface area contributed by atoms with Gasteiger partial charge in [-0.25, -0.2) is 4.79 Å². The first-order chi connectivity index (χ1) is 15.7. The van der Waals surface area contributed by atoms with Gasteiger partial charge in [0.25, 0.3) is 0 Å². The first-order valence-electron chi connectivity index (χ1n) is 12.4. The number of hydrogen-bond acceptors (Lipinski definition) is 6. The molecule has 0 aromatic heterocycles. The molecule has 7 nitrogen and oxygen atoms in total. The number of esters is 1. The SMILES string of the molecule is CCC(=O)Oc1ccccc1[C@H]1CC[C@H](OCC2NCCCC2NC(=O)OC(C)(C)C)CC1. The van der Waals surface area contributed by atoms with Crippen LogP contribution in [0.3, 0.4) is 0 Å². The summed E-state index contributed by atoms with van der Waals surface area (Å²) in [6, 6.07) is 7.97. The van der Waals surface area contributed by atoms with Gasteiger partial charge in [0.05, 0.1) is 18.8 Å². The van der Waals surface area contributed by atoms with Crippen LogP contribution in [-0.4, -0.2) is 49.0 Å². The quantitative estimate of drug-likeness (QED) is 0.454. The zero-order chi connectivity index (χ0) is 23.8. The van der Waals surface area contributed by atoms with Crippen molar-refractivity contribution in [3.8, 4) is 5.75 Å². The van der Waals surface area contributed by atoms with Gasteiger partial charge in [-0.15, -0.1) is 0 Å². The van der Waals surface area contributed by atoms with Crippen LogP contribution in [0, 0.1) is 0 Å². The van der Waals surface area contributed by atoms with E-state index < -0.39 is 5.60 Å². The standard InChI is InChI=1S/C26H40N2O5/c1-5-24(29)32-23-11-7-6-9-20(23)18-12-14-19(15-13-18)31-17-22-21(10-8-16-27-22)28-25(30)33-26(2,3)4/h6-7,9,11,18-19,21-22,27H,5,8,10,12-17H2,1-4H3,(H,28,30)/t18-,19-,21?,22?. The molecule has 1 amide bonds. The van der Waals surface area contributed by atoms with Crippen LogP contribution in [0.2, 0.25) is 0 Å². The molecule has 2 aliphatic rings. The summed E-state index contributed by atoms with van der Waals surface area (Å²) in [5.41, 5.74) is 0.609. The van der Waals surface area contributed by atoms with Crippen LogP contribution in [0.25, 0.3) is 0 Å². The second kappa shape index (κ2) is 11.8. The smallest absolute Gasteiger partial charge is 0.407 e. The lowest BCUT2D eigenvalue weighted by Crippen LogP contribution is -2.56. The molecule has 1 saturated carbocycles. The Morgan fingerprint density at radius 1 is 1.09 bits per heavy atom. The maximum atomic E-state index is 12.2. The van der Waals surface area contributed by atoms with Gasteiger partial charge < -0.3 is 24.8 Å². The van der Waals surface area contributed by atoms with Crippen molar-refractivity contribution in [2.75, 3.05) is 13.2 Å². The van der Waals surface area contributed by atoms with Gasteiger partial charge in [0.1, 0.15) is 11.4 Å². The molecule has 1 aromatic rings. The first-order valence-corrected chi connectivity index (χ1v) is 12.4. The number of carbonyl (C=O) groups excluding carboxylic acids is 2. The Hall–Kier alpha value is -2.12. The number of nitrogens with one attached hydrogen (secondary N) is 2. The Labute approximate surface area is 197 Å². The highest BCUT2D eigenvalue weighted by molar-refractivity contribution is 5.72. The molecule has 1 saturated heterocycles. The highest BCUT2D eigenvalue weighted by atomic mass is 16.6. The van der Waals surface area contributed by atoms with E-state index in [1.807, 2.05) is 45.9 Å². The van der Waals surface area contributed by atoms with Gasteiger partial charge in [-0.3, -0.25) is 4.79 Å². The fourth-order valence-electron chi connectivity index (χ4n) is 4.65. The van der Waals surface area contributed by atoms with Crippen molar-refractivity contribution in [3.63, 3.8) is 0 Å². The molecule has 1 heterocycles. The number of rotatable bonds is 7. The van der Waals surface area contributed by atoms with Crippen LogP contribution in [0.1, 0.15) is 84.1 Å². The fourth-order valence-corrected chi connectivity index (χ4v) is 4.65. The average Bonchev–Trinajstić information content (AvgIpc) is 2.78. The van der Waals surface area contributed by atoms with Gasteiger partial charge in [0.15, 0.2) is 0 Å². The summed E-state index contributed by atoms with van der Waals surface area (Å²) in [5, 5.41) is 6.52. The average molecular weight is 461 g/mol. The summed E-state index contributed by atoms with van der Waals surface area (Å²) in [4.78, 5) is 24.0. The van der Waals surface area contributed by atoms with Crippen molar-refractivity contribution in [3.05, 3.63) is 29.8 Å². The van der Waals surface area contributed by atoms with Gasteiger partial charge in [-0.05, 0) is 83.4 Å². The number of alkyl carbamates (subject to hydrolysis) is 1. The fraction of sp³-hybridized carbons (Fsp3) is 0.692. The lowest BCUT2D eigenvalue weighted by molar-refractivity contribution is -0.134. The van der Waals surface area contributed by atoms with Crippen LogP contribution in [0.5, 0.6) is 5.75 Å². The van der Waals surface area contributed by atoms with Crippen molar-refractivity contribution < 1.29 is 23.8 Å². The Kier molecular flexibility index (Phi) is 9.15. The molecule has 2 fully saturated rings. The number of hydrogen-bond donors (Lipinski definition) is 2. The van der Waals surface area contributed by atoms with E-state index in [-0.39, 0.29) is 30.3 Å². The predicted molar refractivity (Wildman–Crippen MR) is 127 cm³/mol. The zero-order valence-corrected chi connectivity index (χ0v) is 20.5. The summed E-state index contributed by atoms with van der Waals surface area (Å²) in [6.45, 7) is 8.92. The predicted octanol–water partition coefficient (Wildman–Crippen LogP) is 4.69. The molecule has 7 heteroatoms. The van der Waals surface area contributed by atoms with E-state index >= 15 is 0 Å². The molecule has 2 unspecified atom stereocenters. The van der Waals surface area contributed by atoms with E-state index in [9.17, 15) is 9.59 Å². The van der Waals surface area contributed by atoms with Gasteiger partial charge in [-0.1, -0.05) is 25.1 Å². The first kappa shape index (κ1) is 25.5. The summed E-state index contributed by atoms with van der Waals surface area (Å²) in [7, 11) is 0. The minimum atomic E-state index is -0.510. The topological polar surface area (TPSA) is 85.9 Å². The monoisotopic (exact) mass is 460 g/mol. The Balaban J connectivity index is 1.48. The van der Waals surface area contributed by atoms with E-state index in [2.05, 4.69) is 16.7 Å². The molecule has 0 bridgehead atoms. The molecule has 0 spiro atoms. The van der Waals surface area contributed by atoms with Gasteiger partial charge in [0.2, 0.25) is 0 Å². The van der Waals surface area contributed by atoms with Crippen molar-refractivity contribution >= 4 is 12.1 Å². The third kappa shape index (κ3) is 8.00. The molecule has 3 rings (SSSR count). The minimum Gasteiger partial charge on any atom is -0.444 e. The van der Waals surface area contributed by atoms with Gasteiger partial charge in [-0.2, -0.15) is 0 Å². The summed E-state index contributed by atoms with van der Waals surface area (Å²) in [5.74, 6) is 0.866. The highest BCUT2D eigenvalue weighted by Gasteiger charge is 2.30. The highest BCUT2D eigenvalue weighted by Crippen LogP contribution is 2.38. The third-order valence-corrected chi connectivity index (χ3v) is 6.34. The Morgan fingerprint density at radius 2 is 1.82 bits per heavy atom. The molecule has 1 aliphatic heterocycles. The molecule has 0 radical (unpaired) electrons. The lowest BCUT2D eigenvalue weighted by atomic mass is 9.82. The Morgan fingerprint density at radius 3 is 2.52 bits per heavy atom. The number of para-hydroxylation sites is 1. The second-order valence-corrected chi connectivity index (χ2v) is 10.1. The largest absolute Gasteiger partial charge is 0.444 e. The molecule has 1 aromatic carbocycles. The van der Waals surface area contributed by atoms with Crippen LogP contribution in [0.4, 0.5) is 4.79 Å². The molecule has 2 N–H and O–H groups in total. The van der Waals surface area contributed by atoms with Crippen LogP contribution in [-0.2, 0) is 14.3 Å². The second-order valence-electron chi connectivity index (χ2n) is 10.1. The van der Waals surface area contributed by atoms with Crippen molar-refractivity contribution in [2.45, 2.75) is 102 Å². The van der Waals surface area contributed by atoms with E-state index in [1.54, 1.807) is 0 Å². The summed E-state index contributed by atoms with van der Waals surface area (Å²) < 4.78 is 17.3. The van der Waals surface area contributed by atoms with Gasteiger partial charge >= 0.3 is 12.1 Å². The molecule has 2 atom stereocenters. The Bertz CT molecular complexity index is 783. The van der Waals surface area contributed by atoms with E-state index in [0.717, 1.165) is 50.6 Å². The number of benzene rings is 1. The van der Waals surface area contributed by atoms with Crippen LogP contribution < -0.4 is 15.4 Å². The summed E-state index contributed by atoms with van der Waals surface area (Å²) in [6.07, 6.45) is 6.08. The summed E-state index contributed by atoms with van der Waals surface area (Å²) >= 11 is 0. The van der Waals surface area contributed by atoms with Crippen LogP contribution in [0.15, 0.2) is 24.3 Å². The maximum absolute atomic E-state index is 12.2. The minimum absolute atomic E-state index is 0.00469. The van der Waals surface area contributed by atoms with Crippen molar-refractivity contribution in [1.29, 1.82) is 0 Å². The van der Waals surface area contributed by atoms with E-state index in [4.69, 9.17) is 14.2 Å². The number of amides is 1. The molecule has 1 aliphatic carbocycles. The third-order valence-electron chi connectivity index (χ3n) is 6.34. The van der Waals surface area contributed by atoms with Crippen LogP contribution >= 0.6 is 0 Å². The number of piperidine rings is 1. The van der Waals surface area contributed by atoms with Gasteiger partial charge in [0, 0.05) is 12.5 Å². The molecular formula is C26H40N2O5. The lowest BCUT2D eigenvalue weighted by Gasteiger charge is -2.35. The number of ether oxygens (including phenoxy) is 3. The van der Waals surface area contributed by atoms with Crippen molar-refractivity contribution in [1.82, 2.24) is 10.6 Å². The van der Waals surface area contributed by atoms with E-state index in [0.29, 0.717) is 24.7 Å². The maximum Gasteiger partial charge on any atom is 0.407 e.